The van der Waals surface area contributed by atoms with Gasteiger partial charge in [0, 0.05) is 10.9 Å². The van der Waals surface area contributed by atoms with Crippen LogP contribution >= 0.6 is 34.5 Å². The first-order valence-electron chi connectivity index (χ1n) is 6.58. The summed E-state index contributed by atoms with van der Waals surface area (Å²) >= 11 is 13.2. The fraction of sp³-hybridized carbons (Fsp3) is 0.333. The largest absolute Gasteiger partial charge is 0.302 e. The van der Waals surface area contributed by atoms with Gasteiger partial charge in [-0.1, -0.05) is 12.1 Å². The van der Waals surface area contributed by atoms with Crippen molar-refractivity contribution < 1.29 is 4.79 Å². The van der Waals surface area contributed by atoms with E-state index in [1.54, 1.807) is 0 Å². The van der Waals surface area contributed by atoms with E-state index in [0.717, 1.165) is 11.3 Å². The van der Waals surface area contributed by atoms with Gasteiger partial charge in [-0.25, -0.2) is 4.98 Å². The second kappa shape index (κ2) is 5.27. The molecule has 1 N–H and O–H groups in total. The molecule has 1 aromatic heterocycles. The number of aromatic nitrogens is 1. The highest BCUT2D eigenvalue weighted by Crippen LogP contribution is 2.53. The fourth-order valence-electron chi connectivity index (χ4n) is 2.05. The summed E-state index contributed by atoms with van der Waals surface area (Å²) in [5, 5.41) is 5.28. The van der Waals surface area contributed by atoms with Crippen LogP contribution in [0.2, 0.25) is 0 Å². The molecular weight excluding hydrogens is 327 g/mol. The number of nitrogens with zero attached hydrogens (tertiary/aromatic N) is 1. The van der Waals surface area contributed by atoms with Crippen molar-refractivity contribution in [2.24, 2.45) is 5.92 Å². The predicted octanol–water partition coefficient (Wildman–Crippen LogP) is 4.56. The molecule has 3 nitrogen and oxygen atoms in total. The first-order valence-corrected chi connectivity index (χ1v) is 8.22. The SMILES string of the molecule is Cc1ccc(-c2csc(NC(=O)[C@H]3CC3(Cl)Cl)n2)cc1C. The van der Waals surface area contributed by atoms with Crippen LogP contribution in [0.3, 0.4) is 0 Å². The van der Waals surface area contributed by atoms with E-state index in [1.165, 1.54) is 22.5 Å². The molecule has 1 fully saturated rings. The molecule has 0 unspecified atom stereocenters. The third kappa shape index (κ3) is 3.07. The van der Waals surface area contributed by atoms with E-state index in [9.17, 15) is 4.79 Å². The van der Waals surface area contributed by atoms with Crippen molar-refractivity contribution in [1.29, 1.82) is 0 Å². The van der Waals surface area contributed by atoms with Crippen molar-refractivity contribution in [3.63, 3.8) is 0 Å². The van der Waals surface area contributed by atoms with Crippen LogP contribution in [-0.4, -0.2) is 15.2 Å². The quantitative estimate of drug-likeness (QED) is 0.832. The summed E-state index contributed by atoms with van der Waals surface area (Å²) in [6.45, 7) is 4.15. The number of hydrogen-bond donors (Lipinski definition) is 1. The number of rotatable bonds is 3. The zero-order valence-corrected chi connectivity index (χ0v) is 13.9. The number of thiazole rings is 1. The van der Waals surface area contributed by atoms with Crippen LogP contribution in [0.15, 0.2) is 23.6 Å². The van der Waals surface area contributed by atoms with Crippen LogP contribution < -0.4 is 5.32 Å². The average Bonchev–Trinajstić information content (AvgIpc) is 2.84. The van der Waals surface area contributed by atoms with Crippen LogP contribution in [0.4, 0.5) is 5.13 Å². The van der Waals surface area contributed by atoms with Crippen LogP contribution in [0.1, 0.15) is 17.5 Å². The molecule has 0 aliphatic heterocycles. The van der Waals surface area contributed by atoms with Crippen molar-refractivity contribution in [1.82, 2.24) is 4.98 Å². The monoisotopic (exact) mass is 340 g/mol. The summed E-state index contributed by atoms with van der Waals surface area (Å²) in [7, 11) is 0. The molecule has 1 saturated carbocycles. The lowest BCUT2D eigenvalue weighted by atomic mass is 10.1. The fourth-order valence-corrected chi connectivity index (χ4v) is 3.28. The van der Waals surface area contributed by atoms with Gasteiger partial charge in [0.25, 0.3) is 0 Å². The first-order chi connectivity index (χ1) is 9.87. The molecule has 3 rings (SSSR count). The highest BCUT2D eigenvalue weighted by atomic mass is 35.5. The molecule has 1 aromatic carbocycles. The Labute approximate surface area is 137 Å². The van der Waals surface area contributed by atoms with Crippen LogP contribution in [0, 0.1) is 19.8 Å². The Kier molecular flexibility index (Phi) is 3.72. The summed E-state index contributed by atoms with van der Waals surface area (Å²) in [6, 6.07) is 6.20. The van der Waals surface area contributed by atoms with Crippen LogP contribution in [0.25, 0.3) is 11.3 Å². The third-order valence-electron chi connectivity index (χ3n) is 3.68. The van der Waals surface area contributed by atoms with Crippen molar-refractivity contribution >= 4 is 45.6 Å². The standard InChI is InChI=1S/C15H14Cl2N2OS/c1-8-3-4-10(5-9(8)2)12-7-21-14(18-12)19-13(20)11-6-15(11,16)17/h3-5,7,11H,6H2,1-2H3,(H,18,19,20)/t11-/m1/s1. The first kappa shape index (κ1) is 14.8. The summed E-state index contributed by atoms with van der Waals surface area (Å²) in [5.74, 6) is -0.504. The number of nitrogens with one attached hydrogen (secondary N) is 1. The predicted molar refractivity (Wildman–Crippen MR) is 88.2 cm³/mol. The van der Waals surface area contributed by atoms with Gasteiger partial charge in [-0.3, -0.25) is 4.79 Å². The molecule has 2 aromatic rings. The highest BCUT2D eigenvalue weighted by Gasteiger charge is 2.56. The van der Waals surface area contributed by atoms with E-state index in [2.05, 4.69) is 36.3 Å². The second-order valence-corrected chi connectivity index (χ2v) is 7.74. The normalized spacial score (nSPS) is 19.3. The molecule has 1 heterocycles. The Bertz CT molecular complexity index is 711. The van der Waals surface area contributed by atoms with Crippen molar-refractivity contribution in [3.8, 4) is 11.3 Å². The summed E-state index contributed by atoms with van der Waals surface area (Å²) in [5.41, 5.74) is 4.37. The second-order valence-electron chi connectivity index (χ2n) is 5.34. The number of aryl methyl sites for hydroxylation is 2. The molecule has 1 aliphatic rings. The number of benzene rings is 1. The number of anilines is 1. The van der Waals surface area contributed by atoms with E-state index < -0.39 is 4.33 Å². The lowest BCUT2D eigenvalue weighted by molar-refractivity contribution is -0.117. The van der Waals surface area contributed by atoms with E-state index in [4.69, 9.17) is 23.2 Å². The molecule has 21 heavy (non-hydrogen) atoms. The lowest BCUT2D eigenvalue weighted by Gasteiger charge is -2.03. The Hall–Kier alpha value is -1.10. The number of alkyl halides is 2. The molecule has 0 saturated heterocycles. The summed E-state index contributed by atoms with van der Waals surface area (Å²) < 4.78 is -0.905. The van der Waals surface area contributed by atoms with E-state index in [1.807, 2.05) is 11.4 Å². The third-order valence-corrected chi connectivity index (χ3v) is 5.27. The van der Waals surface area contributed by atoms with E-state index >= 15 is 0 Å². The minimum atomic E-state index is -0.905. The maximum atomic E-state index is 11.9. The maximum absolute atomic E-state index is 11.9. The number of carbonyl (C=O) groups is 1. The van der Waals surface area contributed by atoms with Gasteiger partial charge in [-0.2, -0.15) is 0 Å². The van der Waals surface area contributed by atoms with Gasteiger partial charge in [0.2, 0.25) is 5.91 Å². The highest BCUT2D eigenvalue weighted by molar-refractivity contribution is 7.14. The molecule has 110 valence electrons. The van der Waals surface area contributed by atoms with Gasteiger partial charge >= 0.3 is 0 Å². The van der Waals surface area contributed by atoms with Gasteiger partial charge in [0.15, 0.2) is 5.13 Å². The van der Waals surface area contributed by atoms with Gasteiger partial charge in [-0.05, 0) is 37.5 Å². The van der Waals surface area contributed by atoms with Crippen LogP contribution in [-0.2, 0) is 4.79 Å². The maximum Gasteiger partial charge on any atom is 0.232 e. The molecule has 1 amide bonds. The molecule has 0 bridgehead atoms. The number of halogens is 2. The molecule has 0 spiro atoms. The Morgan fingerprint density at radius 3 is 2.71 bits per heavy atom. The Morgan fingerprint density at radius 2 is 2.10 bits per heavy atom. The van der Waals surface area contributed by atoms with Gasteiger partial charge in [0.1, 0.15) is 4.33 Å². The van der Waals surface area contributed by atoms with Crippen molar-refractivity contribution in [2.45, 2.75) is 24.6 Å². The lowest BCUT2D eigenvalue weighted by Crippen LogP contribution is -2.16. The molecular formula is C15H14Cl2N2OS. The zero-order valence-electron chi connectivity index (χ0n) is 11.6. The molecule has 1 atom stereocenters. The topological polar surface area (TPSA) is 42.0 Å². The smallest absolute Gasteiger partial charge is 0.232 e. The summed E-state index contributed by atoms with van der Waals surface area (Å²) in [6.07, 6.45) is 0.497. The van der Waals surface area contributed by atoms with E-state index in [-0.39, 0.29) is 11.8 Å². The molecule has 1 aliphatic carbocycles. The summed E-state index contributed by atoms with van der Waals surface area (Å²) in [4.78, 5) is 16.4. The van der Waals surface area contributed by atoms with Crippen molar-refractivity contribution in [2.75, 3.05) is 5.32 Å². The minimum absolute atomic E-state index is 0.166. The molecule has 0 radical (unpaired) electrons. The van der Waals surface area contributed by atoms with E-state index in [0.29, 0.717) is 11.6 Å². The number of carbonyl (C=O) groups excluding carboxylic acids is 1. The number of amides is 1. The van der Waals surface area contributed by atoms with Crippen LogP contribution in [0.5, 0.6) is 0 Å². The van der Waals surface area contributed by atoms with Crippen molar-refractivity contribution in [3.05, 3.63) is 34.7 Å². The van der Waals surface area contributed by atoms with Gasteiger partial charge < -0.3 is 5.32 Å². The number of hydrogen-bond acceptors (Lipinski definition) is 3. The molecule has 6 heteroatoms. The zero-order chi connectivity index (χ0) is 15.2. The van der Waals surface area contributed by atoms with Gasteiger partial charge in [-0.15, -0.1) is 34.5 Å². The average molecular weight is 341 g/mol. The minimum Gasteiger partial charge on any atom is -0.302 e. The Morgan fingerprint density at radius 1 is 1.38 bits per heavy atom. The Balaban J connectivity index is 1.74. The van der Waals surface area contributed by atoms with Gasteiger partial charge in [0.05, 0.1) is 11.6 Å².